The number of aromatic nitrogens is 1. The summed E-state index contributed by atoms with van der Waals surface area (Å²) in [6.07, 6.45) is 1.45. The molecule has 0 aliphatic carbocycles. The van der Waals surface area contributed by atoms with Gasteiger partial charge in [-0.05, 0) is 30.3 Å². The van der Waals surface area contributed by atoms with Crippen molar-refractivity contribution in [3.05, 3.63) is 77.1 Å². The highest BCUT2D eigenvalue weighted by atomic mass is 16.5. The smallest absolute Gasteiger partial charge is 0.335 e. The highest BCUT2D eigenvalue weighted by Gasteiger charge is 2.09. The second-order valence-electron chi connectivity index (χ2n) is 4.80. The number of ether oxygens (including phenoxy) is 1. The summed E-state index contributed by atoms with van der Waals surface area (Å²) in [5, 5.41) is 21.4. The predicted molar refractivity (Wildman–Crippen MR) is 80.6 cm³/mol. The number of carbonyl (C=O) groups is 1. The molecular formula is C17H13NO4. The average molecular weight is 295 g/mol. The number of hydrogen-bond acceptors (Lipinski definition) is 3. The molecule has 110 valence electrons. The number of carboxylic acid groups (broad SMARTS) is 1. The SMILES string of the molecule is O=C(O)c1ccc(OCc2cc[n+]([O-])c3ccccc23)cc1. The molecule has 0 aliphatic rings. The van der Waals surface area contributed by atoms with Gasteiger partial charge in [0.25, 0.3) is 0 Å². The van der Waals surface area contributed by atoms with Crippen LogP contribution in [0, 0.1) is 5.21 Å². The predicted octanol–water partition coefficient (Wildman–Crippen LogP) is 2.75. The number of benzene rings is 2. The maximum Gasteiger partial charge on any atom is 0.335 e. The van der Waals surface area contributed by atoms with Crippen molar-refractivity contribution in [3.63, 3.8) is 0 Å². The Morgan fingerprint density at radius 3 is 2.55 bits per heavy atom. The summed E-state index contributed by atoms with van der Waals surface area (Å²) in [6.45, 7) is 0.299. The summed E-state index contributed by atoms with van der Waals surface area (Å²) in [7, 11) is 0. The zero-order valence-corrected chi connectivity index (χ0v) is 11.6. The van der Waals surface area contributed by atoms with Gasteiger partial charge in [0.15, 0.2) is 6.20 Å². The molecule has 0 atom stereocenters. The first kappa shape index (κ1) is 13.9. The molecule has 0 unspecified atom stereocenters. The highest BCUT2D eigenvalue weighted by Crippen LogP contribution is 2.18. The number of aromatic carboxylic acids is 1. The quantitative estimate of drug-likeness (QED) is 0.593. The van der Waals surface area contributed by atoms with E-state index in [0.717, 1.165) is 15.7 Å². The summed E-state index contributed by atoms with van der Waals surface area (Å²) in [6, 6.07) is 15.2. The Balaban J connectivity index is 1.82. The fraction of sp³-hybridized carbons (Fsp3) is 0.0588. The molecule has 0 aliphatic heterocycles. The lowest BCUT2D eigenvalue weighted by atomic mass is 10.1. The van der Waals surface area contributed by atoms with E-state index >= 15 is 0 Å². The molecule has 3 aromatic rings. The van der Waals surface area contributed by atoms with Gasteiger partial charge in [-0.25, -0.2) is 4.79 Å². The lowest BCUT2D eigenvalue weighted by Gasteiger charge is -2.09. The van der Waals surface area contributed by atoms with Gasteiger partial charge >= 0.3 is 5.97 Å². The van der Waals surface area contributed by atoms with E-state index in [0.29, 0.717) is 17.9 Å². The van der Waals surface area contributed by atoms with E-state index in [9.17, 15) is 10.0 Å². The summed E-state index contributed by atoms with van der Waals surface area (Å²) in [5.41, 5.74) is 1.69. The van der Waals surface area contributed by atoms with Crippen molar-refractivity contribution in [2.45, 2.75) is 6.61 Å². The van der Waals surface area contributed by atoms with Crippen molar-refractivity contribution in [1.29, 1.82) is 0 Å². The number of para-hydroxylation sites is 1. The normalized spacial score (nSPS) is 10.5. The third kappa shape index (κ3) is 2.69. The van der Waals surface area contributed by atoms with E-state index in [-0.39, 0.29) is 5.56 Å². The topological polar surface area (TPSA) is 73.5 Å². The molecule has 0 saturated heterocycles. The van der Waals surface area contributed by atoms with Gasteiger partial charge in [0, 0.05) is 17.7 Å². The molecule has 3 rings (SSSR count). The Hall–Kier alpha value is -3.08. The van der Waals surface area contributed by atoms with Gasteiger partial charge in [-0.1, -0.05) is 12.1 Å². The molecular weight excluding hydrogens is 282 g/mol. The van der Waals surface area contributed by atoms with Crippen molar-refractivity contribution >= 4 is 16.9 Å². The number of hydrogen-bond donors (Lipinski definition) is 1. The standard InChI is InChI=1S/C17H13NO4/c19-17(20)12-5-7-14(8-6-12)22-11-13-9-10-18(21)16-4-2-1-3-15(13)16/h1-10H,11H2,(H,19,20). The van der Waals surface area contributed by atoms with E-state index < -0.39 is 5.97 Å². The second-order valence-corrected chi connectivity index (χ2v) is 4.80. The Labute approximate surface area is 126 Å². The molecule has 2 aromatic carbocycles. The molecule has 0 saturated carbocycles. The minimum absolute atomic E-state index is 0.213. The van der Waals surface area contributed by atoms with E-state index in [2.05, 4.69) is 0 Å². The van der Waals surface area contributed by atoms with Crippen LogP contribution in [0.4, 0.5) is 0 Å². The fourth-order valence-corrected chi connectivity index (χ4v) is 2.25. The van der Waals surface area contributed by atoms with Crippen molar-refractivity contribution in [1.82, 2.24) is 0 Å². The zero-order chi connectivity index (χ0) is 15.5. The van der Waals surface area contributed by atoms with Crippen LogP contribution in [0.3, 0.4) is 0 Å². The van der Waals surface area contributed by atoms with Crippen molar-refractivity contribution < 1.29 is 19.4 Å². The number of rotatable bonds is 4. The third-order valence-corrected chi connectivity index (χ3v) is 3.39. The molecule has 0 radical (unpaired) electrons. The summed E-state index contributed by atoms with van der Waals surface area (Å²) in [5.74, 6) is -0.395. The summed E-state index contributed by atoms with van der Waals surface area (Å²) in [4.78, 5) is 10.8. The van der Waals surface area contributed by atoms with Crippen molar-refractivity contribution in [2.24, 2.45) is 0 Å². The summed E-state index contributed by atoms with van der Waals surface area (Å²) >= 11 is 0. The van der Waals surface area contributed by atoms with Crippen LogP contribution in [0.25, 0.3) is 10.9 Å². The minimum atomic E-state index is -0.972. The van der Waals surface area contributed by atoms with Crippen LogP contribution in [0.15, 0.2) is 60.8 Å². The molecule has 0 amide bonds. The maximum absolute atomic E-state index is 11.7. The number of fused-ring (bicyclic) bond motifs is 1. The van der Waals surface area contributed by atoms with Gasteiger partial charge in [0.05, 0.1) is 10.9 Å². The zero-order valence-electron chi connectivity index (χ0n) is 11.6. The largest absolute Gasteiger partial charge is 0.618 e. The summed E-state index contributed by atoms with van der Waals surface area (Å²) < 4.78 is 6.49. The maximum atomic E-state index is 11.7. The molecule has 5 nitrogen and oxygen atoms in total. The Morgan fingerprint density at radius 2 is 1.82 bits per heavy atom. The van der Waals surface area contributed by atoms with E-state index in [4.69, 9.17) is 9.84 Å². The fourth-order valence-electron chi connectivity index (χ4n) is 2.25. The van der Waals surface area contributed by atoms with Crippen LogP contribution in [0.1, 0.15) is 15.9 Å². The Kier molecular flexibility index (Phi) is 3.62. The number of carboxylic acids is 1. The second kappa shape index (κ2) is 5.73. The monoisotopic (exact) mass is 295 g/mol. The van der Waals surface area contributed by atoms with E-state index in [1.165, 1.54) is 18.3 Å². The van der Waals surface area contributed by atoms with Gasteiger partial charge in [-0.2, -0.15) is 4.73 Å². The van der Waals surface area contributed by atoms with Gasteiger partial charge in [-0.3, -0.25) is 0 Å². The van der Waals surface area contributed by atoms with Gasteiger partial charge in [-0.15, -0.1) is 0 Å². The first-order valence-electron chi connectivity index (χ1n) is 6.71. The van der Waals surface area contributed by atoms with Crippen LogP contribution < -0.4 is 9.47 Å². The first-order chi connectivity index (χ1) is 10.6. The molecule has 1 N–H and O–H groups in total. The molecule has 0 bridgehead atoms. The first-order valence-corrected chi connectivity index (χ1v) is 6.71. The lowest BCUT2D eigenvalue weighted by Crippen LogP contribution is -2.26. The van der Waals surface area contributed by atoms with E-state index in [1.807, 2.05) is 18.2 Å². The lowest BCUT2D eigenvalue weighted by molar-refractivity contribution is -0.577. The molecule has 22 heavy (non-hydrogen) atoms. The van der Waals surface area contributed by atoms with Gasteiger partial charge in [0.1, 0.15) is 12.4 Å². The van der Waals surface area contributed by atoms with Crippen molar-refractivity contribution in [2.75, 3.05) is 0 Å². The molecule has 1 heterocycles. The van der Waals surface area contributed by atoms with Crippen LogP contribution in [-0.2, 0) is 6.61 Å². The minimum Gasteiger partial charge on any atom is -0.618 e. The number of nitrogens with zero attached hydrogens (tertiary/aromatic N) is 1. The molecule has 0 spiro atoms. The Morgan fingerprint density at radius 1 is 1.09 bits per heavy atom. The third-order valence-electron chi connectivity index (χ3n) is 3.39. The molecule has 1 aromatic heterocycles. The highest BCUT2D eigenvalue weighted by molar-refractivity contribution is 5.87. The van der Waals surface area contributed by atoms with Crippen molar-refractivity contribution in [3.8, 4) is 5.75 Å². The van der Waals surface area contributed by atoms with Gasteiger partial charge < -0.3 is 15.1 Å². The van der Waals surface area contributed by atoms with Crippen LogP contribution in [0.2, 0.25) is 0 Å². The van der Waals surface area contributed by atoms with Crippen LogP contribution in [-0.4, -0.2) is 11.1 Å². The average Bonchev–Trinajstić information content (AvgIpc) is 2.55. The Bertz CT molecular complexity index is 828. The number of pyridine rings is 1. The molecule has 5 heteroatoms. The van der Waals surface area contributed by atoms with E-state index in [1.54, 1.807) is 24.3 Å². The van der Waals surface area contributed by atoms with Gasteiger partial charge in [0.2, 0.25) is 5.52 Å². The van der Waals surface area contributed by atoms with Crippen LogP contribution >= 0.6 is 0 Å². The molecule has 0 fully saturated rings. The van der Waals surface area contributed by atoms with Crippen LogP contribution in [0.5, 0.6) is 5.75 Å².